The van der Waals surface area contributed by atoms with Crippen LogP contribution in [-0.4, -0.2) is 59.0 Å². The highest BCUT2D eigenvalue weighted by molar-refractivity contribution is 6.34. The van der Waals surface area contributed by atoms with Gasteiger partial charge >= 0.3 is 12.0 Å². The smallest absolute Gasteiger partial charge is 0.321 e. The molecule has 1 saturated heterocycles. The highest BCUT2D eigenvalue weighted by Crippen LogP contribution is 2.24. The van der Waals surface area contributed by atoms with E-state index in [1.165, 1.54) is 11.0 Å². The SMILES string of the molecule is CCN(CC)C(=O)c1ccc(NC(=O)N2CCCC(C(=O)O)C2)cc1Cl. The minimum Gasteiger partial charge on any atom is -0.481 e. The number of rotatable bonds is 5. The van der Waals surface area contributed by atoms with Crippen LogP contribution in [0.1, 0.15) is 37.0 Å². The Balaban J connectivity index is 2.06. The van der Waals surface area contributed by atoms with Gasteiger partial charge in [0.2, 0.25) is 0 Å². The lowest BCUT2D eigenvalue weighted by Crippen LogP contribution is -2.44. The van der Waals surface area contributed by atoms with E-state index in [9.17, 15) is 14.4 Å². The summed E-state index contributed by atoms with van der Waals surface area (Å²) in [5, 5.41) is 12.1. The predicted molar refractivity (Wildman–Crippen MR) is 99.7 cm³/mol. The first-order chi connectivity index (χ1) is 12.4. The van der Waals surface area contributed by atoms with Crippen LogP contribution in [0.25, 0.3) is 0 Å². The number of nitrogens with one attached hydrogen (secondary N) is 1. The highest BCUT2D eigenvalue weighted by atomic mass is 35.5. The van der Waals surface area contributed by atoms with Crippen molar-refractivity contribution in [3.05, 3.63) is 28.8 Å². The number of benzene rings is 1. The number of carboxylic acids is 1. The molecule has 3 amide bonds. The highest BCUT2D eigenvalue weighted by Gasteiger charge is 2.28. The first-order valence-electron chi connectivity index (χ1n) is 8.74. The molecule has 0 bridgehead atoms. The number of hydrogen-bond acceptors (Lipinski definition) is 3. The summed E-state index contributed by atoms with van der Waals surface area (Å²) in [6.45, 7) is 5.67. The minimum absolute atomic E-state index is 0.154. The fourth-order valence-electron chi connectivity index (χ4n) is 3.01. The van der Waals surface area contributed by atoms with Crippen molar-refractivity contribution in [2.24, 2.45) is 5.92 Å². The first kappa shape index (κ1) is 20.0. The normalized spacial score (nSPS) is 16.9. The van der Waals surface area contributed by atoms with Gasteiger partial charge in [0.1, 0.15) is 0 Å². The number of aliphatic carboxylic acids is 1. The van der Waals surface area contributed by atoms with Crippen LogP contribution in [0.3, 0.4) is 0 Å². The number of likely N-dealkylation sites (tertiary alicyclic amines) is 1. The average molecular weight is 382 g/mol. The number of hydrogen-bond donors (Lipinski definition) is 2. The molecule has 0 spiro atoms. The number of urea groups is 1. The van der Waals surface area contributed by atoms with Crippen LogP contribution in [0.15, 0.2) is 18.2 Å². The Hall–Kier alpha value is -2.28. The second kappa shape index (κ2) is 8.89. The Kier molecular flexibility index (Phi) is 6.85. The maximum absolute atomic E-state index is 12.4. The van der Waals surface area contributed by atoms with Gasteiger partial charge in [-0.2, -0.15) is 0 Å². The van der Waals surface area contributed by atoms with Crippen molar-refractivity contribution in [3.63, 3.8) is 0 Å². The van der Waals surface area contributed by atoms with Gasteiger partial charge in [-0.15, -0.1) is 0 Å². The number of anilines is 1. The van der Waals surface area contributed by atoms with Crippen molar-refractivity contribution in [2.75, 3.05) is 31.5 Å². The number of carbonyl (C=O) groups is 3. The molecule has 1 aliphatic heterocycles. The summed E-state index contributed by atoms with van der Waals surface area (Å²) in [6.07, 6.45) is 1.23. The molecule has 1 aromatic rings. The minimum atomic E-state index is -0.884. The Morgan fingerprint density at radius 1 is 1.31 bits per heavy atom. The predicted octanol–water partition coefficient (Wildman–Crippen LogP) is 3.15. The fourth-order valence-corrected chi connectivity index (χ4v) is 3.27. The van der Waals surface area contributed by atoms with Gasteiger partial charge in [-0.25, -0.2) is 4.79 Å². The fraction of sp³-hybridized carbons (Fsp3) is 0.500. The number of amides is 3. The van der Waals surface area contributed by atoms with Crippen LogP contribution < -0.4 is 5.32 Å². The Labute approximate surface area is 157 Å². The number of carbonyl (C=O) groups excluding carboxylic acids is 2. The number of nitrogens with zero attached hydrogens (tertiary/aromatic N) is 2. The monoisotopic (exact) mass is 381 g/mol. The van der Waals surface area contributed by atoms with Gasteiger partial charge in [-0.3, -0.25) is 9.59 Å². The molecule has 7 nitrogen and oxygen atoms in total. The van der Waals surface area contributed by atoms with Crippen molar-refractivity contribution in [3.8, 4) is 0 Å². The van der Waals surface area contributed by atoms with Gasteiger partial charge in [0.15, 0.2) is 0 Å². The molecule has 1 heterocycles. The zero-order chi connectivity index (χ0) is 19.3. The lowest BCUT2D eigenvalue weighted by Gasteiger charge is -2.30. The van der Waals surface area contributed by atoms with E-state index >= 15 is 0 Å². The van der Waals surface area contributed by atoms with Crippen LogP contribution in [-0.2, 0) is 4.79 Å². The van der Waals surface area contributed by atoms with E-state index in [2.05, 4.69) is 5.32 Å². The summed E-state index contributed by atoms with van der Waals surface area (Å²) in [4.78, 5) is 39.0. The molecule has 1 fully saturated rings. The zero-order valence-electron chi connectivity index (χ0n) is 15.0. The van der Waals surface area contributed by atoms with E-state index in [0.717, 1.165) is 0 Å². The topological polar surface area (TPSA) is 90.0 Å². The maximum atomic E-state index is 12.4. The summed E-state index contributed by atoms with van der Waals surface area (Å²) in [7, 11) is 0. The third kappa shape index (κ3) is 4.66. The largest absolute Gasteiger partial charge is 0.481 e. The molecule has 1 aliphatic rings. The summed E-state index contributed by atoms with van der Waals surface area (Å²) in [5.41, 5.74) is 0.853. The molecule has 0 radical (unpaired) electrons. The van der Waals surface area contributed by atoms with E-state index in [-0.39, 0.29) is 23.5 Å². The lowest BCUT2D eigenvalue weighted by atomic mass is 9.99. The first-order valence-corrected chi connectivity index (χ1v) is 9.12. The van der Waals surface area contributed by atoms with E-state index in [1.54, 1.807) is 17.0 Å². The van der Waals surface area contributed by atoms with Gasteiger partial charge in [-0.1, -0.05) is 11.6 Å². The number of piperidine rings is 1. The molecule has 0 saturated carbocycles. The maximum Gasteiger partial charge on any atom is 0.321 e. The summed E-state index contributed by atoms with van der Waals surface area (Å²) in [5.74, 6) is -1.57. The van der Waals surface area contributed by atoms with Crippen LogP contribution in [0.2, 0.25) is 5.02 Å². The van der Waals surface area contributed by atoms with Gasteiger partial charge in [0.05, 0.1) is 16.5 Å². The molecule has 0 aromatic heterocycles. The molecule has 26 heavy (non-hydrogen) atoms. The van der Waals surface area contributed by atoms with E-state index in [0.29, 0.717) is 43.7 Å². The van der Waals surface area contributed by atoms with Gasteiger partial charge in [0.25, 0.3) is 5.91 Å². The molecular formula is C18H24ClN3O4. The van der Waals surface area contributed by atoms with E-state index in [1.807, 2.05) is 13.8 Å². The van der Waals surface area contributed by atoms with Crippen molar-refractivity contribution in [1.82, 2.24) is 9.80 Å². The standard InChI is InChI=1S/C18H24ClN3O4/c1-3-21(4-2)16(23)14-8-7-13(10-15(14)19)20-18(26)22-9-5-6-12(11-22)17(24)25/h7-8,10,12H,3-6,9,11H2,1-2H3,(H,20,26)(H,24,25). The van der Waals surface area contributed by atoms with Crippen LogP contribution in [0.5, 0.6) is 0 Å². The van der Waals surface area contributed by atoms with E-state index in [4.69, 9.17) is 16.7 Å². The quantitative estimate of drug-likeness (QED) is 0.819. The summed E-state index contributed by atoms with van der Waals surface area (Å²) < 4.78 is 0. The molecule has 2 N–H and O–H groups in total. The molecule has 142 valence electrons. The van der Waals surface area contributed by atoms with Crippen molar-refractivity contribution >= 4 is 35.2 Å². The van der Waals surface area contributed by atoms with E-state index < -0.39 is 11.9 Å². The van der Waals surface area contributed by atoms with Crippen molar-refractivity contribution in [1.29, 1.82) is 0 Å². The number of halogens is 1. The molecular weight excluding hydrogens is 358 g/mol. The lowest BCUT2D eigenvalue weighted by molar-refractivity contribution is -0.143. The van der Waals surface area contributed by atoms with Gasteiger partial charge in [0, 0.05) is 31.9 Å². The summed E-state index contributed by atoms with van der Waals surface area (Å²) >= 11 is 6.23. The molecule has 1 unspecified atom stereocenters. The second-order valence-electron chi connectivity index (χ2n) is 6.23. The number of carboxylic acid groups (broad SMARTS) is 1. The molecule has 8 heteroatoms. The molecule has 0 aliphatic carbocycles. The average Bonchev–Trinajstić information content (AvgIpc) is 2.62. The zero-order valence-corrected chi connectivity index (χ0v) is 15.8. The van der Waals surface area contributed by atoms with Crippen LogP contribution in [0.4, 0.5) is 10.5 Å². The Morgan fingerprint density at radius 2 is 2.00 bits per heavy atom. The van der Waals surface area contributed by atoms with Crippen molar-refractivity contribution in [2.45, 2.75) is 26.7 Å². The third-order valence-corrected chi connectivity index (χ3v) is 4.87. The van der Waals surface area contributed by atoms with Gasteiger partial charge < -0.3 is 20.2 Å². The second-order valence-corrected chi connectivity index (χ2v) is 6.63. The van der Waals surface area contributed by atoms with Gasteiger partial charge in [-0.05, 0) is 44.9 Å². The van der Waals surface area contributed by atoms with Crippen LogP contribution in [0, 0.1) is 5.92 Å². The van der Waals surface area contributed by atoms with Crippen LogP contribution >= 0.6 is 11.6 Å². The van der Waals surface area contributed by atoms with Crippen molar-refractivity contribution < 1.29 is 19.5 Å². The summed E-state index contributed by atoms with van der Waals surface area (Å²) in [6, 6.07) is 4.39. The third-order valence-electron chi connectivity index (χ3n) is 4.56. The Bertz CT molecular complexity index is 691. The molecule has 2 rings (SSSR count). The Morgan fingerprint density at radius 3 is 2.58 bits per heavy atom. The molecule has 1 aromatic carbocycles. The molecule has 1 atom stereocenters.